The zero-order valence-electron chi connectivity index (χ0n) is 9.79. The van der Waals surface area contributed by atoms with Crippen LogP contribution in [0.2, 0.25) is 0 Å². The summed E-state index contributed by atoms with van der Waals surface area (Å²) in [4.78, 5) is 0. The summed E-state index contributed by atoms with van der Waals surface area (Å²) in [6.45, 7) is 0. The van der Waals surface area contributed by atoms with Crippen LogP contribution in [0.15, 0.2) is 42.7 Å². The molecule has 0 N–H and O–H groups in total. The van der Waals surface area contributed by atoms with E-state index in [1.54, 1.807) is 13.3 Å². The molecule has 0 saturated heterocycles. The number of hydrogen-bond donors (Lipinski definition) is 0. The summed E-state index contributed by atoms with van der Waals surface area (Å²) in [7, 11) is 3.72. The van der Waals surface area contributed by atoms with Crippen molar-refractivity contribution >= 4 is 10.9 Å². The van der Waals surface area contributed by atoms with Gasteiger partial charge in [0, 0.05) is 24.8 Å². The van der Waals surface area contributed by atoms with E-state index < -0.39 is 0 Å². The molecule has 3 rings (SSSR count). The van der Waals surface area contributed by atoms with Crippen molar-refractivity contribution in [3.63, 3.8) is 0 Å². The van der Waals surface area contributed by atoms with E-state index in [2.05, 4.69) is 21.8 Å². The van der Waals surface area contributed by atoms with Crippen LogP contribution in [0, 0.1) is 0 Å². The van der Waals surface area contributed by atoms with Gasteiger partial charge >= 0.3 is 0 Å². The SMILES string of the molecule is COc1cccc2c1cc(-n1cccn1)n2C. The van der Waals surface area contributed by atoms with Crippen molar-refractivity contribution in [3.05, 3.63) is 42.7 Å². The average Bonchev–Trinajstić information content (AvgIpc) is 2.97. The maximum Gasteiger partial charge on any atom is 0.135 e. The topological polar surface area (TPSA) is 32.0 Å². The molecule has 0 fully saturated rings. The maximum atomic E-state index is 5.37. The molecule has 0 unspecified atom stereocenters. The Kier molecular flexibility index (Phi) is 2.14. The summed E-state index contributed by atoms with van der Waals surface area (Å²) in [6.07, 6.45) is 3.70. The highest BCUT2D eigenvalue weighted by Gasteiger charge is 2.10. The average molecular weight is 227 g/mol. The molecule has 0 amide bonds. The molecule has 0 saturated carbocycles. The number of rotatable bonds is 2. The van der Waals surface area contributed by atoms with E-state index >= 15 is 0 Å². The quantitative estimate of drug-likeness (QED) is 0.673. The third-order valence-corrected chi connectivity index (χ3v) is 2.98. The highest BCUT2D eigenvalue weighted by atomic mass is 16.5. The number of aromatic nitrogens is 3. The highest BCUT2D eigenvalue weighted by molar-refractivity contribution is 5.88. The second-order valence-electron chi connectivity index (χ2n) is 3.91. The van der Waals surface area contributed by atoms with Crippen LogP contribution in [0.4, 0.5) is 0 Å². The van der Waals surface area contributed by atoms with Crippen molar-refractivity contribution in [2.45, 2.75) is 0 Å². The van der Waals surface area contributed by atoms with Crippen LogP contribution in [0.25, 0.3) is 16.7 Å². The van der Waals surface area contributed by atoms with Gasteiger partial charge in [-0.2, -0.15) is 5.10 Å². The summed E-state index contributed by atoms with van der Waals surface area (Å²) in [5, 5.41) is 5.35. The molecule has 4 nitrogen and oxygen atoms in total. The lowest BCUT2D eigenvalue weighted by Crippen LogP contribution is -2.01. The summed E-state index contributed by atoms with van der Waals surface area (Å²) in [5.41, 5.74) is 1.13. The van der Waals surface area contributed by atoms with Crippen molar-refractivity contribution in [3.8, 4) is 11.6 Å². The summed E-state index contributed by atoms with van der Waals surface area (Å²) in [5.74, 6) is 1.91. The van der Waals surface area contributed by atoms with Crippen LogP contribution < -0.4 is 4.74 Å². The first kappa shape index (κ1) is 9.96. The van der Waals surface area contributed by atoms with E-state index in [1.165, 1.54) is 0 Å². The Bertz CT molecular complexity index is 653. The van der Waals surface area contributed by atoms with Gasteiger partial charge in [0.15, 0.2) is 0 Å². The monoisotopic (exact) mass is 227 g/mol. The molecule has 2 aromatic heterocycles. The van der Waals surface area contributed by atoms with Gasteiger partial charge in [0.2, 0.25) is 0 Å². The van der Waals surface area contributed by atoms with Crippen molar-refractivity contribution in [1.29, 1.82) is 0 Å². The van der Waals surface area contributed by atoms with Crippen molar-refractivity contribution in [2.75, 3.05) is 7.11 Å². The van der Waals surface area contributed by atoms with E-state index in [-0.39, 0.29) is 0 Å². The Balaban J connectivity index is 2.32. The minimum absolute atomic E-state index is 0.886. The molecule has 0 spiro atoms. The Hall–Kier alpha value is -2.23. The highest BCUT2D eigenvalue weighted by Crippen LogP contribution is 2.29. The summed E-state index contributed by atoms with van der Waals surface area (Å²) >= 11 is 0. The molecule has 0 atom stereocenters. The number of aryl methyl sites for hydroxylation is 1. The van der Waals surface area contributed by atoms with E-state index in [4.69, 9.17) is 4.74 Å². The maximum absolute atomic E-state index is 5.37. The predicted molar refractivity (Wildman–Crippen MR) is 66.6 cm³/mol. The van der Waals surface area contributed by atoms with Gasteiger partial charge in [-0.05, 0) is 24.3 Å². The first-order valence-electron chi connectivity index (χ1n) is 5.43. The molecule has 0 aliphatic rings. The van der Waals surface area contributed by atoms with Crippen LogP contribution in [0.5, 0.6) is 5.75 Å². The third-order valence-electron chi connectivity index (χ3n) is 2.98. The van der Waals surface area contributed by atoms with Crippen LogP contribution in [0.1, 0.15) is 0 Å². The molecule has 86 valence electrons. The van der Waals surface area contributed by atoms with Crippen LogP contribution in [0.3, 0.4) is 0 Å². The van der Waals surface area contributed by atoms with E-state index in [1.807, 2.05) is 36.1 Å². The number of ether oxygens (including phenoxy) is 1. The molecule has 0 radical (unpaired) electrons. The lowest BCUT2D eigenvalue weighted by Gasteiger charge is -2.03. The Labute approximate surface area is 99.0 Å². The molecule has 2 heterocycles. The van der Waals surface area contributed by atoms with E-state index in [0.717, 1.165) is 22.5 Å². The lowest BCUT2D eigenvalue weighted by molar-refractivity contribution is 0.420. The molecule has 0 bridgehead atoms. The van der Waals surface area contributed by atoms with Crippen molar-refractivity contribution in [2.24, 2.45) is 7.05 Å². The number of hydrogen-bond acceptors (Lipinski definition) is 2. The van der Waals surface area contributed by atoms with Crippen LogP contribution >= 0.6 is 0 Å². The molecule has 4 heteroatoms. The Morgan fingerprint density at radius 2 is 2.12 bits per heavy atom. The zero-order chi connectivity index (χ0) is 11.8. The second-order valence-corrected chi connectivity index (χ2v) is 3.91. The smallest absolute Gasteiger partial charge is 0.135 e. The van der Waals surface area contributed by atoms with Gasteiger partial charge in [0.25, 0.3) is 0 Å². The van der Waals surface area contributed by atoms with Crippen molar-refractivity contribution < 1.29 is 4.74 Å². The van der Waals surface area contributed by atoms with Gasteiger partial charge < -0.3 is 9.30 Å². The lowest BCUT2D eigenvalue weighted by atomic mass is 10.2. The normalized spacial score (nSPS) is 10.9. The molecule has 1 aromatic carbocycles. The zero-order valence-corrected chi connectivity index (χ0v) is 9.79. The van der Waals surface area contributed by atoms with Gasteiger partial charge in [-0.3, -0.25) is 0 Å². The standard InChI is InChI=1S/C13H13N3O/c1-15-11-5-3-6-12(17-2)10(11)9-13(15)16-8-4-7-14-16/h3-9H,1-2H3. The Morgan fingerprint density at radius 1 is 1.24 bits per heavy atom. The molecular formula is C13H13N3O. The molecule has 17 heavy (non-hydrogen) atoms. The van der Waals surface area contributed by atoms with Gasteiger partial charge in [-0.25, -0.2) is 4.68 Å². The summed E-state index contributed by atoms with van der Waals surface area (Å²) < 4.78 is 9.32. The van der Waals surface area contributed by atoms with Gasteiger partial charge in [0.1, 0.15) is 11.6 Å². The number of benzene rings is 1. The number of nitrogens with zero attached hydrogens (tertiary/aromatic N) is 3. The van der Waals surface area contributed by atoms with Gasteiger partial charge in [-0.15, -0.1) is 0 Å². The fraction of sp³-hybridized carbons (Fsp3) is 0.154. The molecular weight excluding hydrogens is 214 g/mol. The summed E-state index contributed by atoms with van der Waals surface area (Å²) in [6, 6.07) is 10.0. The second kappa shape index (κ2) is 3.66. The minimum Gasteiger partial charge on any atom is -0.496 e. The minimum atomic E-state index is 0.886. The van der Waals surface area contributed by atoms with Gasteiger partial charge in [0.05, 0.1) is 12.6 Å². The predicted octanol–water partition coefficient (Wildman–Crippen LogP) is 2.37. The Morgan fingerprint density at radius 3 is 2.82 bits per heavy atom. The molecule has 0 aliphatic heterocycles. The first-order valence-corrected chi connectivity index (χ1v) is 5.43. The fourth-order valence-electron chi connectivity index (χ4n) is 2.12. The van der Waals surface area contributed by atoms with Crippen LogP contribution in [-0.4, -0.2) is 21.5 Å². The van der Waals surface area contributed by atoms with Crippen molar-refractivity contribution in [1.82, 2.24) is 14.3 Å². The van der Waals surface area contributed by atoms with E-state index in [9.17, 15) is 0 Å². The first-order chi connectivity index (χ1) is 8.31. The largest absolute Gasteiger partial charge is 0.496 e. The van der Waals surface area contributed by atoms with Crippen LogP contribution in [-0.2, 0) is 7.05 Å². The van der Waals surface area contributed by atoms with Gasteiger partial charge in [-0.1, -0.05) is 6.07 Å². The third kappa shape index (κ3) is 1.41. The molecule has 3 aromatic rings. The molecule has 0 aliphatic carbocycles. The fourth-order valence-corrected chi connectivity index (χ4v) is 2.12. The number of fused-ring (bicyclic) bond motifs is 1. The number of methoxy groups -OCH3 is 1. The van der Waals surface area contributed by atoms with E-state index in [0.29, 0.717) is 0 Å².